The van der Waals surface area contributed by atoms with Crippen molar-refractivity contribution in [2.45, 2.75) is 32.5 Å². The molecule has 0 aromatic heterocycles. The summed E-state index contributed by atoms with van der Waals surface area (Å²) in [4.78, 5) is 11.6. The number of hydrogen-bond acceptors (Lipinski definition) is 5. The summed E-state index contributed by atoms with van der Waals surface area (Å²) in [6.45, 7) is 5.50. The molecule has 1 rings (SSSR count). The molecule has 122 valence electrons. The summed E-state index contributed by atoms with van der Waals surface area (Å²) in [6, 6.07) is 7.34. The van der Waals surface area contributed by atoms with Crippen molar-refractivity contribution in [1.82, 2.24) is 5.32 Å². The molecule has 1 atom stereocenters. The summed E-state index contributed by atoms with van der Waals surface area (Å²) < 4.78 is 10.5. The first-order valence-corrected chi connectivity index (χ1v) is 7.08. The van der Waals surface area contributed by atoms with Gasteiger partial charge in [-0.15, -0.1) is 0 Å². The molecule has 1 aromatic rings. The number of hydrogen-bond donors (Lipinski definition) is 3. The molecule has 0 heterocycles. The molecule has 6 nitrogen and oxygen atoms in total. The highest BCUT2D eigenvalue weighted by atomic mass is 16.6. The molecule has 0 aliphatic rings. The van der Waals surface area contributed by atoms with Crippen LogP contribution in [-0.2, 0) is 4.74 Å². The van der Waals surface area contributed by atoms with E-state index in [1.165, 1.54) is 0 Å². The van der Waals surface area contributed by atoms with Gasteiger partial charge in [0, 0.05) is 5.56 Å². The highest BCUT2D eigenvalue weighted by Crippen LogP contribution is 2.19. The normalized spacial score (nSPS) is 13.0. The third-order valence-corrected chi connectivity index (χ3v) is 2.43. The number of aliphatic hydroxyl groups is 1. The van der Waals surface area contributed by atoms with Gasteiger partial charge in [-0.3, -0.25) is 0 Å². The molecule has 0 aliphatic carbocycles. The van der Waals surface area contributed by atoms with Crippen LogP contribution in [-0.4, -0.2) is 36.2 Å². The Bertz CT molecular complexity index is 509. The third-order valence-electron chi connectivity index (χ3n) is 2.43. The van der Waals surface area contributed by atoms with Crippen LogP contribution in [0.15, 0.2) is 30.3 Å². The van der Waals surface area contributed by atoms with Gasteiger partial charge in [-0.05, 0) is 32.9 Å². The maximum Gasteiger partial charge on any atom is 0.409 e. The van der Waals surface area contributed by atoms with Gasteiger partial charge in [-0.2, -0.15) is 0 Å². The molecule has 0 bridgehead atoms. The van der Waals surface area contributed by atoms with Crippen LogP contribution in [0.4, 0.5) is 4.79 Å². The number of ether oxygens (including phenoxy) is 2. The Balaban J connectivity index is 2.62. The Labute approximate surface area is 130 Å². The van der Waals surface area contributed by atoms with E-state index in [-0.39, 0.29) is 13.2 Å². The van der Waals surface area contributed by atoms with Gasteiger partial charge in [-0.1, -0.05) is 24.3 Å². The third kappa shape index (κ3) is 7.10. The van der Waals surface area contributed by atoms with Crippen LogP contribution >= 0.6 is 0 Å². The van der Waals surface area contributed by atoms with Crippen molar-refractivity contribution in [3.8, 4) is 5.75 Å². The highest BCUT2D eigenvalue weighted by Gasteiger charge is 2.16. The molecule has 0 saturated heterocycles. The van der Waals surface area contributed by atoms with E-state index in [1.807, 2.05) is 18.2 Å². The molecule has 1 aromatic carbocycles. The minimum absolute atomic E-state index is 0.0578. The minimum atomic E-state index is -0.680. The quantitative estimate of drug-likeness (QED) is 0.698. The number of para-hydroxylation sites is 1. The zero-order chi connectivity index (χ0) is 16.6. The van der Waals surface area contributed by atoms with E-state index in [0.717, 1.165) is 5.56 Å². The van der Waals surface area contributed by atoms with Gasteiger partial charge in [0.25, 0.3) is 0 Å². The molecule has 0 radical (unpaired) electrons. The lowest BCUT2D eigenvalue weighted by molar-refractivity contribution is 0.0516. The van der Waals surface area contributed by atoms with Crippen molar-refractivity contribution in [3.05, 3.63) is 35.9 Å². The number of nitrogens with one attached hydrogen (secondary N) is 1. The summed E-state index contributed by atoms with van der Waals surface area (Å²) in [6.07, 6.45) is 2.12. The molecule has 1 amide bonds. The van der Waals surface area contributed by atoms with E-state index in [4.69, 9.17) is 20.3 Å². The maximum absolute atomic E-state index is 11.6. The number of rotatable bonds is 6. The maximum atomic E-state index is 11.6. The van der Waals surface area contributed by atoms with Crippen molar-refractivity contribution >= 4 is 12.2 Å². The van der Waals surface area contributed by atoms with Crippen LogP contribution in [0.2, 0.25) is 0 Å². The second kappa shape index (κ2) is 8.41. The molecule has 6 heteroatoms. The van der Waals surface area contributed by atoms with E-state index in [1.54, 1.807) is 39.0 Å². The first kappa shape index (κ1) is 18.0. The van der Waals surface area contributed by atoms with Gasteiger partial charge in [0.1, 0.15) is 18.0 Å². The van der Waals surface area contributed by atoms with Crippen molar-refractivity contribution in [1.29, 1.82) is 0 Å². The lowest BCUT2D eigenvalue weighted by Gasteiger charge is -2.20. The van der Waals surface area contributed by atoms with E-state index in [9.17, 15) is 4.79 Å². The van der Waals surface area contributed by atoms with Gasteiger partial charge < -0.3 is 25.6 Å². The van der Waals surface area contributed by atoms with Gasteiger partial charge in [0.05, 0.1) is 12.8 Å². The number of alkyl carbamates (subject to hydrolysis) is 1. The molecule has 0 unspecified atom stereocenters. The summed E-state index contributed by atoms with van der Waals surface area (Å²) >= 11 is 0. The number of benzene rings is 1. The van der Waals surface area contributed by atoms with E-state index in [0.29, 0.717) is 5.75 Å². The number of amides is 1. The van der Waals surface area contributed by atoms with E-state index < -0.39 is 17.9 Å². The highest BCUT2D eigenvalue weighted by molar-refractivity contribution is 5.68. The molecule has 0 spiro atoms. The van der Waals surface area contributed by atoms with E-state index in [2.05, 4.69) is 5.32 Å². The molecule has 4 N–H and O–H groups in total. The smallest absolute Gasteiger partial charge is 0.409 e. The Hall–Kier alpha value is -2.05. The Morgan fingerprint density at radius 3 is 2.73 bits per heavy atom. The topological polar surface area (TPSA) is 93.8 Å². The standard InChI is InChI=1S/C16H24N2O4/c1-16(2,3)22-15(20)18-14(17)9-8-12-6-4-5-7-13(12)21-11-10-19/h4-9,14,19H,10-11,17H2,1-3H3,(H,18,20)/b9-8+/t14-/m0/s1. The number of aliphatic hydroxyl groups excluding tert-OH is 1. The summed E-state index contributed by atoms with van der Waals surface area (Å²) in [5.74, 6) is 0.636. The Kier molecular flexibility index (Phi) is 6.88. The predicted octanol–water partition coefficient (Wildman–Crippen LogP) is 1.88. The molecular formula is C16H24N2O4. The van der Waals surface area contributed by atoms with Crippen LogP contribution in [0.25, 0.3) is 6.08 Å². The zero-order valence-corrected chi connectivity index (χ0v) is 13.2. The van der Waals surface area contributed by atoms with Crippen molar-refractivity contribution in [2.75, 3.05) is 13.2 Å². The Morgan fingerprint density at radius 2 is 2.09 bits per heavy atom. The van der Waals surface area contributed by atoms with Gasteiger partial charge in [0.15, 0.2) is 0 Å². The fourth-order valence-electron chi connectivity index (χ4n) is 1.60. The van der Waals surface area contributed by atoms with Crippen LogP contribution in [0, 0.1) is 0 Å². The lowest BCUT2D eigenvalue weighted by Crippen LogP contribution is -2.42. The Morgan fingerprint density at radius 1 is 1.41 bits per heavy atom. The zero-order valence-electron chi connectivity index (χ0n) is 13.2. The summed E-state index contributed by atoms with van der Waals surface area (Å²) in [5, 5.41) is 11.3. The fraction of sp³-hybridized carbons (Fsp3) is 0.438. The molecule has 0 aliphatic heterocycles. The summed E-state index contributed by atoms with van der Waals surface area (Å²) in [7, 11) is 0. The van der Waals surface area contributed by atoms with Crippen molar-refractivity contribution < 1.29 is 19.4 Å². The van der Waals surface area contributed by atoms with Gasteiger partial charge in [0.2, 0.25) is 0 Å². The van der Waals surface area contributed by atoms with Gasteiger partial charge in [-0.25, -0.2) is 4.79 Å². The SMILES string of the molecule is CC(C)(C)OC(=O)N[C@H](N)/C=C/c1ccccc1OCCO. The predicted molar refractivity (Wildman–Crippen MR) is 85.4 cm³/mol. The second-order valence-electron chi connectivity index (χ2n) is 5.64. The summed E-state index contributed by atoms with van der Waals surface area (Å²) in [5.41, 5.74) is 6.04. The van der Waals surface area contributed by atoms with Crippen LogP contribution in [0.1, 0.15) is 26.3 Å². The first-order chi connectivity index (χ1) is 10.3. The van der Waals surface area contributed by atoms with Crippen LogP contribution in [0.5, 0.6) is 5.75 Å². The molecule has 0 fully saturated rings. The fourth-order valence-corrected chi connectivity index (χ4v) is 1.60. The van der Waals surface area contributed by atoms with E-state index >= 15 is 0 Å². The molecule has 0 saturated carbocycles. The van der Waals surface area contributed by atoms with Crippen molar-refractivity contribution in [3.63, 3.8) is 0 Å². The van der Waals surface area contributed by atoms with Crippen LogP contribution in [0.3, 0.4) is 0 Å². The first-order valence-electron chi connectivity index (χ1n) is 7.08. The molecule has 22 heavy (non-hydrogen) atoms. The van der Waals surface area contributed by atoms with Crippen LogP contribution < -0.4 is 15.8 Å². The van der Waals surface area contributed by atoms with Crippen molar-refractivity contribution in [2.24, 2.45) is 5.73 Å². The number of carbonyl (C=O) groups excluding carboxylic acids is 1. The second-order valence-corrected chi connectivity index (χ2v) is 5.64. The van der Waals surface area contributed by atoms with Gasteiger partial charge >= 0.3 is 6.09 Å². The lowest BCUT2D eigenvalue weighted by atomic mass is 10.2. The monoisotopic (exact) mass is 308 g/mol. The minimum Gasteiger partial charge on any atom is -0.491 e. The molecular weight excluding hydrogens is 284 g/mol. The average Bonchev–Trinajstić information content (AvgIpc) is 2.41. The largest absolute Gasteiger partial charge is 0.491 e. The average molecular weight is 308 g/mol. The number of carbonyl (C=O) groups is 1. The number of nitrogens with two attached hydrogens (primary N) is 1.